The molecule has 5 heteroatoms. The monoisotopic (exact) mass is 295 g/mol. The lowest BCUT2D eigenvalue weighted by Gasteiger charge is -2.07. The maximum absolute atomic E-state index is 12.0. The highest BCUT2D eigenvalue weighted by Crippen LogP contribution is 2.22. The summed E-state index contributed by atoms with van der Waals surface area (Å²) in [5.74, 6) is -0.406. The molecule has 2 aromatic rings. The van der Waals surface area contributed by atoms with Crippen molar-refractivity contribution in [2.45, 2.75) is 19.9 Å². The fourth-order valence-electron chi connectivity index (χ4n) is 1.79. The minimum absolute atomic E-state index is 0.105. The van der Waals surface area contributed by atoms with Crippen LogP contribution in [-0.4, -0.2) is 11.0 Å². The molecule has 1 aromatic heterocycles. The fourth-order valence-corrected chi connectivity index (χ4v) is 2.87. The first-order valence-electron chi connectivity index (χ1n) is 5.93. The van der Waals surface area contributed by atoms with Crippen molar-refractivity contribution in [1.29, 1.82) is 0 Å². The van der Waals surface area contributed by atoms with Crippen molar-refractivity contribution in [2.75, 3.05) is 0 Å². The third kappa shape index (κ3) is 3.28. The summed E-state index contributed by atoms with van der Waals surface area (Å²) in [6, 6.07) is 6.52. The topological polar surface area (TPSA) is 49.3 Å². The number of amides is 1. The quantitative estimate of drug-likeness (QED) is 0.905. The third-order valence-corrected chi connectivity index (χ3v) is 4.03. The van der Waals surface area contributed by atoms with Crippen LogP contribution in [0.4, 0.5) is 0 Å². The molecule has 0 bridgehead atoms. The van der Waals surface area contributed by atoms with Gasteiger partial charge in [0.1, 0.15) is 5.75 Å². The van der Waals surface area contributed by atoms with E-state index < -0.39 is 0 Å². The van der Waals surface area contributed by atoms with E-state index in [1.165, 1.54) is 17.7 Å². The molecule has 0 radical (unpaired) electrons. The molecular formula is C14H14ClNO2S. The van der Waals surface area contributed by atoms with Crippen LogP contribution >= 0.6 is 22.9 Å². The molecule has 0 spiro atoms. The van der Waals surface area contributed by atoms with E-state index in [1.807, 2.05) is 5.38 Å². The van der Waals surface area contributed by atoms with E-state index in [0.717, 1.165) is 11.3 Å². The molecule has 0 aliphatic heterocycles. The van der Waals surface area contributed by atoms with Crippen LogP contribution in [0.25, 0.3) is 0 Å². The molecule has 2 rings (SSSR count). The van der Waals surface area contributed by atoms with Crippen LogP contribution in [-0.2, 0) is 13.0 Å². The molecule has 3 nitrogen and oxygen atoms in total. The summed E-state index contributed by atoms with van der Waals surface area (Å²) in [5.41, 5.74) is 1.48. The summed E-state index contributed by atoms with van der Waals surface area (Å²) >= 11 is 7.35. The van der Waals surface area contributed by atoms with Gasteiger partial charge in [-0.3, -0.25) is 4.79 Å². The Morgan fingerprint density at radius 1 is 1.42 bits per heavy atom. The van der Waals surface area contributed by atoms with E-state index in [0.29, 0.717) is 11.6 Å². The number of nitrogens with one attached hydrogen (secondary N) is 1. The predicted molar refractivity (Wildman–Crippen MR) is 78.0 cm³/mol. The van der Waals surface area contributed by atoms with Crippen LogP contribution in [0.2, 0.25) is 5.02 Å². The predicted octanol–water partition coefficient (Wildman–Crippen LogP) is 3.60. The SMILES string of the molecule is CCc1ccsc1CNC(=O)c1ccc(Cl)cc1O. The highest BCUT2D eigenvalue weighted by Gasteiger charge is 2.12. The highest BCUT2D eigenvalue weighted by molar-refractivity contribution is 7.10. The van der Waals surface area contributed by atoms with E-state index in [9.17, 15) is 9.90 Å². The average molecular weight is 296 g/mol. The van der Waals surface area contributed by atoms with Crippen molar-refractivity contribution in [2.24, 2.45) is 0 Å². The minimum Gasteiger partial charge on any atom is -0.507 e. The lowest BCUT2D eigenvalue weighted by molar-refractivity contribution is 0.0948. The molecule has 1 aromatic carbocycles. The van der Waals surface area contributed by atoms with Gasteiger partial charge < -0.3 is 10.4 Å². The molecular weight excluding hydrogens is 282 g/mol. The third-order valence-electron chi connectivity index (χ3n) is 2.83. The number of aryl methyl sites for hydroxylation is 1. The van der Waals surface area contributed by atoms with Crippen LogP contribution in [0.5, 0.6) is 5.75 Å². The van der Waals surface area contributed by atoms with Crippen molar-refractivity contribution < 1.29 is 9.90 Å². The highest BCUT2D eigenvalue weighted by atomic mass is 35.5. The minimum atomic E-state index is -0.301. The number of benzene rings is 1. The van der Waals surface area contributed by atoms with Gasteiger partial charge in [-0.2, -0.15) is 0 Å². The zero-order chi connectivity index (χ0) is 13.8. The Bertz CT molecular complexity index is 595. The van der Waals surface area contributed by atoms with Crippen LogP contribution in [0.1, 0.15) is 27.7 Å². The largest absolute Gasteiger partial charge is 0.507 e. The number of halogens is 1. The molecule has 0 unspecified atom stereocenters. The van der Waals surface area contributed by atoms with Crippen molar-refractivity contribution >= 4 is 28.8 Å². The fraction of sp³-hybridized carbons (Fsp3) is 0.214. The van der Waals surface area contributed by atoms with Gasteiger partial charge in [-0.05, 0) is 41.6 Å². The van der Waals surface area contributed by atoms with E-state index in [-0.39, 0.29) is 17.2 Å². The van der Waals surface area contributed by atoms with Gasteiger partial charge in [0.25, 0.3) is 5.91 Å². The second-order valence-electron chi connectivity index (χ2n) is 4.07. The standard InChI is InChI=1S/C14H14ClNO2S/c1-2-9-5-6-19-13(9)8-16-14(18)11-4-3-10(15)7-12(11)17/h3-7,17H,2,8H2,1H3,(H,16,18). The Hall–Kier alpha value is -1.52. The first-order valence-corrected chi connectivity index (χ1v) is 7.19. The Balaban J connectivity index is 2.05. The summed E-state index contributed by atoms with van der Waals surface area (Å²) in [6.45, 7) is 2.56. The van der Waals surface area contributed by atoms with Gasteiger partial charge in [-0.15, -0.1) is 11.3 Å². The molecule has 0 saturated heterocycles. The van der Waals surface area contributed by atoms with Crippen molar-refractivity contribution in [3.05, 3.63) is 50.7 Å². The number of phenols is 1. The van der Waals surface area contributed by atoms with Gasteiger partial charge in [-0.1, -0.05) is 18.5 Å². The second-order valence-corrected chi connectivity index (χ2v) is 5.50. The number of thiophene rings is 1. The normalized spacial score (nSPS) is 10.4. The Kier molecular flexibility index (Phi) is 4.45. The summed E-state index contributed by atoms with van der Waals surface area (Å²) in [6.07, 6.45) is 0.945. The molecule has 0 saturated carbocycles. The van der Waals surface area contributed by atoms with E-state index >= 15 is 0 Å². The molecule has 0 aliphatic rings. The van der Waals surface area contributed by atoms with E-state index in [1.54, 1.807) is 17.4 Å². The first kappa shape index (κ1) is 13.9. The molecule has 0 aliphatic carbocycles. The summed E-state index contributed by atoms with van der Waals surface area (Å²) in [5, 5.41) is 14.9. The van der Waals surface area contributed by atoms with Crippen molar-refractivity contribution in [3.8, 4) is 5.75 Å². The smallest absolute Gasteiger partial charge is 0.255 e. The molecule has 1 amide bonds. The number of hydrogen-bond acceptors (Lipinski definition) is 3. The van der Waals surface area contributed by atoms with Gasteiger partial charge >= 0.3 is 0 Å². The van der Waals surface area contributed by atoms with Gasteiger partial charge in [0.05, 0.1) is 12.1 Å². The van der Waals surface area contributed by atoms with Crippen molar-refractivity contribution in [1.82, 2.24) is 5.32 Å². The number of phenolic OH excluding ortho intramolecular Hbond substituents is 1. The van der Waals surface area contributed by atoms with Gasteiger partial charge in [-0.25, -0.2) is 0 Å². The summed E-state index contributed by atoms with van der Waals surface area (Å²) in [7, 11) is 0. The summed E-state index contributed by atoms with van der Waals surface area (Å²) in [4.78, 5) is 13.1. The van der Waals surface area contributed by atoms with Gasteiger partial charge in [0.15, 0.2) is 0 Å². The average Bonchev–Trinajstić information content (AvgIpc) is 2.83. The van der Waals surface area contributed by atoms with Crippen LogP contribution < -0.4 is 5.32 Å². The Morgan fingerprint density at radius 3 is 2.89 bits per heavy atom. The Morgan fingerprint density at radius 2 is 2.21 bits per heavy atom. The molecule has 100 valence electrons. The number of carbonyl (C=O) groups is 1. The van der Waals surface area contributed by atoms with Crippen molar-refractivity contribution in [3.63, 3.8) is 0 Å². The van der Waals surface area contributed by atoms with Crippen LogP contribution in [0, 0.1) is 0 Å². The number of carbonyl (C=O) groups excluding carboxylic acids is 1. The van der Waals surface area contributed by atoms with E-state index in [2.05, 4.69) is 18.3 Å². The zero-order valence-corrected chi connectivity index (χ0v) is 12.0. The zero-order valence-electron chi connectivity index (χ0n) is 10.4. The lowest BCUT2D eigenvalue weighted by Crippen LogP contribution is -2.22. The molecule has 0 fully saturated rings. The lowest BCUT2D eigenvalue weighted by atomic mass is 10.1. The van der Waals surface area contributed by atoms with Crippen LogP contribution in [0.15, 0.2) is 29.6 Å². The summed E-state index contributed by atoms with van der Waals surface area (Å²) < 4.78 is 0. The molecule has 1 heterocycles. The van der Waals surface area contributed by atoms with E-state index in [4.69, 9.17) is 11.6 Å². The second kappa shape index (κ2) is 6.08. The number of hydrogen-bond donors (Lipinski definition) is 2. The molecule has 19 heavy (non-hydrogen) atoms. The van der Waals surface area contributed by atoms with Gasteiger partial charge in [0.2, 0.25) is 0 Å². The van der Waals surface area contributed by atoms with Crippen LogP contribution in [0.3, 0.4) is 0 Å². The molecule has 2 N–H and O–H groups in total. The number of rotatable bonds is 4. The first-order chi connectivity index (χ1) is 9.11. The maximum Gasteiger partial charge on any atom is 0.255 e. The molecule has 0 atom stereocenters. The maximum atomic E-state index is 12.0. The number of aromatic hydroxyl groups is 1. The van der Waals surface area contributed by atoms with Gasteiger partial charge in [0, 0.05) is 9.90 Å². The Labute approximate surface area is 120 Å².